The van der Waals surface area contributed by atoms with Crippen LogP contribution in [0, 0.1) is 5.41 Å². The van der Waals surface area contributed by atoms with Gasteiger partial charge in [-0.15, -0.1) is 0 Å². The lowest BCUT2D eigenvalue weighted by atomic mass is 9.93. The summed E-state index contributed by atoms with van der Waals surface area (Å²) in [7, 11) is 1.91. The highest BCUT2D eigenvalue weighted by Crippen LogP contribution is 2.26. The van der Waals surface area contributed by atoms with Gasteiger partial charge in [-0.25, -0.2) is 0 Å². The number of carbonyl (C=O) groups is 1. The largest absolute Gasteiger partial charge is 0.373 e. The van der Waals surface area contributed by atoms with E-state index in [1.54, 1.807) is 18.2 Å². The van der Waals surface area contributed by atoms with Gasteiger partial charge in [-0.1, -0.05) is 25.4 Å². The number of primary amides is 1. The van der Waals surface area contributed by atoms with E-state index >= 15 is 0 Å². The summed E-state index contributed by atoms with van der Waals surface area (Å²) >= 11 is 5.88. The second-order valence-corrected chi connectivity index (χ2v) is 5.69. The molecule has 0 heterocycles. The minimum absolute atomic E-state index is 0.0384. The fraction of sp³-hybridized carbons (Fsp3) is 0.462. The molecular weight excluding hydrogens is 250 g/mol. The SMILES string of the molecule is CN(CC(C)(C)CN)c1ccc(Cl)cc1C(N)=O. The summed E-state index contributed by atoms with van der Waals surface area (Å²) in [6.45, 7) is 5.44. The van der Waals surface area contributed by atoms with E-state index in [9.17, 15) is 4.79 Å². The van der Waals surface area contributed by atoms with Crippen molar-refractivity contribution in [2.75, 3.05) is 25.0 Å². The molecule has 0 aliphatic rings. The quantitative estimate of drug-likeness (QED) is 0.857. The van der Waals surface area contributed by atoms with Crippen LogP contribution in [0.3, 0.4) is 0 Å². The lowest BCUT2D eigenvalue weighted by molar-refractivity contribution is 0.100. The Labute approximate surface area is 113 Å². The van der Waals surface area contributed by atoms with Crippen LogP contribution in [0.4, 0.5) is 5.69 Å². The highest BCUT2D eigenvalue weighted by molar-refractivity contribution is 6.31. The van der Waals surface area contributed by atoms with Crippen molar-refractivity contribution < 1.29 is 4.79 Å². The summed E-state index contributed by atoms with van der Waals surface area (Å²) in [5.41, 5.74) is 12.2. The average Bonchev–Trinajstić information content (AvgIpc) is 2.28. The van der Waals surface area contributed by atoms with Gasteiger partial charge in [0.05, 0.1) is 5.56 Å². The fourth-order valence-corrected chi connectivity index (χ4v) is 2.00. The molecule has 0 atom stereocenters. The van der Waals surface area contributed by atoms with Crippen LogP contribution in [0.2, 0.25) is 5.02 Å². The monoisotopic (exact) mass is 269 g/mol. The minimum atomic E-state index is -0.482. The van der Waals surface area contributed by atoms with Gasteiger partial charge in [-0.05, 0) is 30.2 Å². The Morgan fingerprint density at radius 3 is 2.56 bits per heavy atom. The summed E-state index contributed by atoms with van der Waals surface area (Å²) in [5.74, 6) is -0.482. The number of halogens is 1. The van der Waals surface area contributed by atoms with Crippen molar-refractivity contribution in [3.05, 3.63) is 28.8 Å². The normalized spacial score (nSPS) is 11.4. The van der Waals surface area contributed by atoms with Crippen molar-refractivity contribution >= 4 is 23.2 Å². The van der Waals surface area contributed by atoms with E-state index in [0.717, 1.165) is 12.2 Å². The molecule has 100 valence electrons. The molecule has 4 nitrogen and oxygen atoms in total. The minimum Gasteiger partial charge on any atom is -0.373 e. The van der Waals surface area contributed by atoms with Gasteiger partial charge in [0.1, 0.15) is 0 Å². The maximum atomic E-state index is 11.4. The molecule has 0 bridgehead atoms. The van der Waals surface area contributed by atoms with Crippen LogP contribution >= 0.6 is 11.6 Å². The summed E-state index contributed by atoms with van der Waals surface area (Å²) in [4.78, 5) is 13.4. The van der Waals surface area contributed by atoms with Gasteiger partial charge in [0.15, 0.2) is 0 Å². The lowest BCUT2D eigenvalue weighted by Crippen LogP contribution is -2.37. The van der Waals surface area contributed by atoms with Crippen molar-refractivity contribution in [3.63, 3.8) is 0 Å². The standard InChI is InChI=1S/C13H20ClN3O/c1-13(2,7-15)8-17(3)11-5-4-9(14)6-10(11)12(16)18/h4-6H,7-8,15H2,1-3H3,(H2,16,18). The number of nitrogens with two attached hydrogens (primary N) is 2. The van der Waals surface area contributed by atoms with Crippen molar-refractivity contribution in [2.24, 2.45) is 16.9 Å². The Balaban J connectivity index is 3.05. The number of carbonyl (C=O) groups excluding carboxylic acids is 1. The molecule has 0 saturated heterocycles. The number of benzene rings is 1. The van der Waals surface area contributed by atoms with Crippen molar-refractivity contribution in [3.8, 4) is 0 Å². The molecule has 18 heavy (non-hydrogen) atoms. The summed E-state index contributed by atoms with van der Waals surface area (Å²) in [5, 5.41) is 0.499. The molecule has 0 fully saturated rings. The Morgan fingerprint density at radius 2 is 2.06 bits per heavy atom. The first kappa shape index (κ1) is 14.8. The molecule has 5 heteroatoms. The number of hydrogen-bond acceptors (Lipinski definition) is 3. The first-order chi connectivity index (χ1) is 8.26. The first-order valence-corrected chi connectivity index (χ1v) is 6.15. The molecule has 1 aromatic rings. The summed E-state index contributed by atoms with van der Waals surface area (Å²) in [6, 6.07) is 5.13. The predicted octanol–water partition coefficient (Wildman–Crippen LogP) is 1.86. The van der Waals surface area contributed by atoms with Gasteiger partial charge < -0.3 is 16.4 Å². The zero-order valence-electron chi connectivity index (χ0n) is 11.0. The molecule has 0 unspecified atom stereocenters. The smallest absolute Gasteiger partial charge is 0.250 e. The molecule has 1 rings (SSSR count). The second kappa shape index (κ2) is 5.59. The molecular formula is C13H20ClN3O. The third-order valence-corrected chi connectivity index (χ3v) is 3.09. The Bertz CT molecular complexity index is 446. The van der Waals surface area contributed by atoms with E-state index in [1.165, 1.54) is 0 Å². The Hall–Kier alpha value is -1.26. The maximum Gasteiger partial charge on any atom is 0.250 e. The van der Waals surface area contributed by atoms with E-state index in [0.29, 0.717) is 17.1 Å². The van der Waals surface area contributed by atoms with Crippen LogP contribution in [0.5, 0.6) is 0 Å². The van der Waals surface area contributed by atoms with Crippen molar-refractivity contribution in [1.29, 1.82) is 0 Å². The lowest BCUT2D eigenvalue weighted by Gasteiger charge is -2.31. The molecule has 0 aliphatic carbocycles. The van der Waals surface area contributed by atoms with Crippen LogP contribution in [0.25, 0.3) is 0 Å². The maximum absolute atomic E-state index is 11.4. The summed E-state index contributed by atoms with van der Waals surface area (Å²) < 4.78 is 0. The molecule has 0 aliphatic heterocycles. The number of hydrogen-bond donors (Lipinski definition) is 2. The van der Waals surface area contributed by atoms with E-state index in [1.807, 2.05) is 11.9 Å². The predicted molar refractivity (Wildman–Crippen MR) is 76.1 cm³/mol. The second-order valence-electron chi connectivity index (χ2n) is 5.25. The van der Waals surface area contributed by atoms with Crippen LogP contribution in [-0.2, 0) is 0 Å². The highest BCUT2D eigenvalue weighted by atomic mass is 35.5. The number of nitrogens with zero attached hydrogens (tertiary/aromatic N) is 1. The van der Waals surface area contributed by atoms with Crippen molar-refractivity contribution in [2.45, 2.75) is 13.8 Å². The Morgan fingerprint density at radius 1 is 1.44 bits per heavy atom. The highest BCUT2D eigenvalue weighted by Gasteiger charge is 2.21. The average molecular weight is 270 g/mol. The Kier molecular flexibility index (Phi) is 4.59. The summed E-state index contributed by atoms with van der Waals surface area (Å²) in [6.07, 6.45) is 0. The third-order valence-electron chi connectivity index (χ3n) is 2.85. The van der Waals surface area contributed by atoms with Crippen LogP contribution in [0.15, 0.2) is 18.2 Å². The number of rotatable bonds is 5. The van der Waals surface area contributed by atoms with Crippen molar-refractivity contribution in [1.82, 2.24) is 0 Å². The molecule has 4 N–H and O–H groups in total. The van der Waals surface area contributed by atoms with Gasteiger partial charge in [0.2, 0.25) is 0 Å². The zero-order chi connectivity index (χ0) is 13.9. The first-order valence-electron chi connectivity index (χ1n) is 5.77. The van der Waals surface area contributed by atoms with Crippen LogP contribution in [-0.4, -0.2) is 26.0 Å². The van der Waals surface area contributed by atoms with Crippen LogP contribution in [0.1, 0.15) is 24.2 Å². The zero-order valence-corrected chi connectivity index (χ0v) is 11.8. The topological polar surface area (TPSA) is 72.3 Å². The molecule has 0 aromatic heterocycles. The molecule has 0 radical (unpaired) electrons. The number of anilines is 1. The van der Waals surface area contributed by atoms with E-state index < -0.39 is 5.91 Å². The van der Waals surface area contributed by atoms with Gasteiger partial charge >= 0.3 is 0 Å². The van der Waals surface area contributed by atoms with E-state index in [-0.39, 0.29) is 5.41 Å². The van der Waals surface area contributed by atoms with Gasteiger partial charge in [0, 0.05) is 24.3 Å². The molecule has 0 spiro atoms. The third kappa shape index (κ3) is 3.62. The van der Waals surface area contributed by atoms with E-state index in [2.05, 4.69) is 13.8 Å². The van der Waals surface area contributed by atoms with E-state index in [4.69, 9.17) is 23.1 Å². The van der Waals surface area contributed by atoms with Gasteiger partial charge in [0.25, 0.3) is 5.91 Å². The van der Waals surface area contributed by atoms with Crippen LogP contribution < -0.4 is 16.4 Å². The molecule has 1 amide bonds. The molecule has 1 aromatic carbocycles. The molecule has 0 saturated carbocycles. The fourth-order valence-electron chi connectivity index (χ4n) is 1.83. The number of amides is 1. The van der Waals surface area contributed by atoms with Gasteiger partial charge in [-0.3, -0.25) is 4.79 Å². The van der Waals surface area contributed by atoms with Gasteiger partial charge in [-0.2, -0.15) is 0 Å².